The average molecular weight is 1400 g/mol. The van der Waals surface area contributed by atoms with Crippen LogP contribution in [0.3, 0.4) is 0 Å². The Morgan fingerprint density at radius 3 is 1.66 bits per heavy atom. The van der Waals surface area contributed by atoms with Crippen LogP contribution in [0.4, 0.5) is 0 Å². The van der Waals surface area contributed by atoms with E-state index in [-0.39, 0.29) is 36.2 Å². The van der Waals surface area contributed by atoms with Crippen LogP contribution in [0.15, 0.2) is 11.6 Å². The van der Waals surface area contributed by atoms with E-state index in [0.717, 1.165) is 18.4 Å². The quantitative estimate of drug-likeness (QED) is 0.0389. The van der Waals surface area contributed by atoms with Gasteiger partial charge >= 0.3 is 5.97 Å². The number of ether oxygens (including phenoxy) is 12. The molecule has 0 spiro atoms. The van der Waals surface area contributed by atoms with Gasteiger partial charge in [-0.05, 0) is 111 Å². The third kappa shape index (κ3) is 12.8. The zero-order chi connectivity index (χ0) is 70.9. The number of hydrogen-bond acceptors (Lipinski definition) is 32. The number of esters is 1. The Morgan fingerprint density at radius 1 is 0.495 bits per heavy atom. The lowest BCUT2D eigenvalue weighted by atomic mass is 9.33. The summed E-state index contributed by atoms with van der Waals surface area (Å²) in [5, 5.41) is 207. The van der Waals surface area contributed by atoms with Crippen LogP contribution < -0.4 is 0 Å². The zero-order valence-electron chi connectivity index (χ0n) is 55.9. The zero-order valence-corrected chi connectivity index (χ0v) is 55.9. The highest BCUT2D eigenvalue weighted by Crippen LogP contribution is 2.76. The van der Waals surface area contributed by atoms with E-state index in [0.29, 0.717) is 38.5 Å². The van der Waals surface area contributed by atoms with Crippen molar-refractivity contribution in [2.45, 2.75) is 303 Å². The van der Waals surface area contributed by atoms with Gasteiger partial charge in [-0.25, -0.2) is 0 Å². The van der Waals surface area contributed by atoms with Crippen molar-refractivity contribution >= 4 is 5.97 Å². The molecule has 0 aromatic rings. The highest BCUT2D eigenvalue weighted by molar-refractivity contribution is 5.79. The van der Waals surface area contributed by atoms with Gasteiger partial charge in [0.25, 0.3) is 0 Å². The predicted molar refractivity (Wildman–Crippen MR) is 322 cm³/mol. The number of aliphatic hydroxyl groups excluding tert-OH is 18. The van der Waals surface area contributed by atoms with E-state index in [1.807, 2.05) is 6.92 Å². The summed E-state index contributed by atoms with van der Waals surface area (Å²) in [4.78, 5) is 15.3. The topological polar surface area (TPSA) is 512 Å². The molecule has 0 aromatic carbocycles. The average Bonchev–Trinajstić information content (AvgIpc) is 0.671. The van der Waals surface area contributed by atoms with Gasteiger partial charge in [0.2, 0.25) is 6.29 Å². The van der Waals surface area contributed by atoms with Gasteiger partial charge in [0.15, 0.2) is 31.5 Å². The van der Waals surface area contributed by atoms with Gasteiger partial charge in [0, 0.05) is 5.92 Å². The second-order valence-corrected chi connectivity index (χ2v) is 31.1. The van der Waals surface area contributed by atoms with Crippen molar-refractivity contribution in [3.63, 3.8) is 0 Å². The van der Waals surface area contributed by atoms with Crippen LogP contribution in [0.25, 0.3) is 0 Å². The normalized spacial score (nSPS) is 55.5. The summed E-state index contributed by atoms with van der Waals surface area (Å²) in [6, 6.07) is 0. The molecule has 10 fully saturated rings. The fourth-order valence-electron chi connectivity index (χ4n) is 19.3. The molecule has 32 heteroatoms. The summed E-state index contributed by atoms with van der Waals surface area (Å²) in [6.45, 7) is 12.8. The van der Waals surface area contributed by atoms with E-state index in [4.69, 9.17) is 56.8 Å². The molecule has 6 heterocycles. The molecule has 32 nitrogen and oxygen atoms in total. The number of carbonyl (C=O) groups excluding carboxylic acids is 1. The van der Waals surface area contributed by atoms with Gasteiger partial charge in [-0.15, -0.1) is 0 Å². The second-order valence-electron chi connectivity index (χ2n) is 31.1. The van der Waals surface area contributed by atoms with E-state index >= 15 is 4.79 Å². The summed E-state index contributed by atoms with van der Waals surface area (Å²) in [5.41, 5.74) is -3.75. The Bertz CT molecular complexity index is 2730. The maximum atomic E-state index is 15.3. The molecule has 97 heavy (non-hydrogen) atoms. The Kier molecular flexibility index (Phi) is 22.4. The van der Waals surface area contributed by atoms with Crippen LogP contribution >= 0.6 is 0 Å². The van der Waals surface area contributed by atoms with E-state index in [1.165, 1.54) is 6.92 Å². The van der Waals surface area contributed by atoms with Crippen molar-refractivity contribution in [2.24, 2.45) is 50.7 Å². The first kappa shape index (κ1) is 76.1. The molecular weight excluding hydrogens is 1290 g/mol. The van der Waals surface area contributed by atoms with Gasteiger partial charge in [0.1, 0.15) is 134 Å². The molecule has 6 saturated heterocycles. The highest BCUT2D eigenvalue weighted by atomic mass is 16.8. The molecule has 11 aliphatic rings. The van der Waals surface area contributed by atoms with Crippen molar-refractivity contribution in [3.05, 3.63) is 11.6 Å². The smallest absolute Gasteiger partial charge is 0.315 e. The minimum atomic E-state index is -2.05. The van der Waals surface area contributed by atoms with Crippen LogP contribution in [0.5, 0.6) is 0 Å². The van der Waals surface area contributed by atoms with Gasteiger partial charge < -0.3 is 154 Å². The first-order valence-electron chi connectivity index (χ1n) is 34.3. The highest BCUT2D eigenvalue weighted by Gasteiger charge is 2.72. The fourth-order valence-corrected chi connectivity index (χ4v) is 19.3. The molecule has 11 rings (SSSR count). The molecule has 5 aliphatic carbocycles. The van der Waals surface area contributed by atoms with Crippen LogP contribution in [0, 0.1) is 50.7 Å². The number of aliphatic hydroxyl groups is 19. The molecule has 39 atom stereocenters. The third-order valence-corrected chi connectivity index (χ3v) is 25.6. The van der Waals surface area contributed by atoms with Crippen molar-refractivity contribution in [3.8, 4) is 0 Å². The summed E-state index contributed by atoms with van der Waals surface area (Å²) < 4.78 is 71.3. The van der Waals surface area contributed by atoms with Crippen LogP contribution in [0.1, 0.15) is 113 Å². The Balaban J connectivity index is 0.772. The van der Waals surface area contributed by atoms with Crippen LogP contribution in [-0.4, -0.2) is 326 Å². The Labute approximate surface area is 561 Å². The summed E-state index contributed by atoms with van der Waals surface area (Å²) in [5.74, 6) is -1.72. The van der Waals surface area contributed by atoms with Crippen LogP contribution in [-0.2, 0) is 61.6 Å². The van der Waals surface area contributed by atoms with E-state index in [2.05, 4.69) is 40.7 Å². The lowest BCUT2D eigenvalue weighted by molar-refractivity contribution is -0.390. The van der Waals surface area contributed by atoms with Gasteiger partial charge in [0.05, 0.1) is 56.3 Å². The second kappa shape index (κ2) is 28.5. The number of rotatable bonds is 16. The largest absolute Gasteiger partial charge is 0.432 e. The first-order chi connectivity index (χ1) is 45.5. The van der Waals surface area contributed by atoms with Crippen molar-refractivity contribution in [1.82, 2.24) is 0 Å². The standard InChI is InChI=1S/C65H106O32/c1-24-11-16-65(59(84)97-56-46(81)42(77)39(74)31(92-56)23-87-53-44(79)40(75)37(72)28(19-66)89-53)18-17-62(6)26(52(65)64(24,8)85)9-10-33-61(5)14-13-34(60(3,4)32(61)12-15-63(33,62)7)93-58-51(36(71)27(69)22-86-58)96-57-48(83)50(35(70)25(2)88-57)95-55-47(82)43(78)49(30(21-68)91-55)94-54-45(80)41(76)38(73)29(20-67)90-54/h9,24-25,27-58,66-83,85H,10-23H2,1-8H3/t24-,25+,27-,28-,29-,30-,31-,32+,33-,34+,35+,36-,37-,38-,39-,40+,41+,42+,43-,44-,45-,46-,47-,48-,49-,50-,51+,52-,53-,54+,55+,56+,57+,58+,61+,62-,63-,64-,65+/m1/s1. The van der Waals surface area contributed by atoms with Gasteiger partial charge in [-0.2, -0.15) is 0 Å². The number of allylic oxidation sites excluding steroid dienone is 1. The number of fused-ring (bicyclic) bond motifs is 7. The maximum absolute atomic E-state index is 15.3. The monoisotopic (exact) mass is 1400 g/mol. The Hall–Kier alpha value is -1.99. The molecule has 0 unspecified atom stereocenters. The molecule has 0 bridgehead atoms. The minimum absolute atomic E-state index is 0.0196. The number of hydrogen-bond donors (Lipinski definition) is 19. The SMILES string of the molecule is C[C@@H]1O[C@@H](O[C@@H]2[C@H](O[C@H]3CC[C@]4(C)[C@H]5CC=C6[C@H]7[C@](C(=O)O[C@@H]8O[C@H](CO[C@@H]9O[C@H](CO)[C@@H](O)[C@H](O)[C@H]9O)[C@@H](O)[C@H](O)[C@H]8O)(CC[C@@H](C)[C@@]7(C)O)CC[C@@]6(C)[C@]5(C)CC[C@H]4C3(C)C)OC[C@@H](O)[C@H]2O)[C@H](O)[C@H](O[C@@H]2O[C@H](CO)[C@@H](O[C@@H]3O[C@H](CO)[C@@H](O)[C@H](O)[C@H]3O)[C@H](O)[C@H]2O)[C@H]1O. The molecule has 0 amide bonds. The first-order valence-corrected chi connectivity index (χ1v) is 34.3. The molecule has 558 valence electrons. The molecule has 0 radical (unpaired) electrons. The summed E-state index contributed by atoms with van der Waals surface area (Å²) in [7, 11) is 0. The molecule has 0 aromatic heterocycles. The third-order valence-electron chi connectivity index (χ3n) is 25.6. The molecule has 4 saturated carbocycles. The summed E-state index contributed by atoms with van der Waals surface area (Å²) >= 11 is 0. The van der Waals surface area contributed by atoms with Crippen LogP contribution in [0.2, 0.25) is 0 Å². The van der Waals surface area contributed by atoms with Crippen molar-refractivity contribution in [1.29, 1.82) is 0 Å². The van der Waals surface area contributed by atoms with E-state index in [1.54, 1.807) is 6.92 Å². The maximum Gasteiger partial charge on any atom is 0.315 e. The predicted octanol–water partition coefficient (Wildman–Crippen LogP) is -5.75. The number of carbonyl (C=O) groups is 1. The van der Waals surface area contributed by atoms with Gasteiger partial charge in [-0.1, -0.05) is 53.2 Å². The van der Waals surface area contributed by atoms with Gasteiger partial charge in [-0.3, -0.25) is 4.79 Å². The van der Waals surface area contributed by atoms with E-state index in [9.17, 15) is 97.0 Å². The van der Waals surface area contributed by atoms with Crippen molar-refractivity contribution in [2.75, 3.05) is 33.0 Å². The van der Waals surface area contributed by atoms with Crippen molar-refractivity contribution < 1.29 is 159 Å². The lowest BCUT2D eigenvalue weighted by Crippen LogP contribution is -2.68. The van der Waals surface area contributed by atoms with E-state index < -0.39 is 250 Å². The molecule has 6 aliphatic heterocycles. The minimum Gasteiger partial charge on any atom is -0.432 e. The molecular formula is C65H106O32. The fraction of sp³-hybridized carbons (Fsp3) is 0.954. The Morgan fingerprint density at radius 2 is 1.03 bits per heavy atom. The lowest BCUT2D eigenvalue weighted by Gasteiger charge is -2.72. The summed E-state index contributed by atoms with van der Waals surface area (Å²) in [6.07, 6.45) is -43.0. The molecule has 19 N–H and O–H groups in total.